The Labute approximate surface area is 281 Å². The van der Waals surface area contributed by atoms with Crippen LogP contribution in [0.5, 0.6) is 0 Å². The van der Waals surface area contributed by atoms with E-state index in [9.17, 15) is 87.8 Å². The Hall–Kier alpha value is -3.36. The molecular formula is C30H28F20N2. The fourth-order valence-electron chi connectivity index (χ4n) is 4.91. The third kappa shape index (κ3) is 5.78. The summed E-state index contributed by atoms with van der Waals surface area (Å²) in [5, 5.41) is 0. The first-order valence-corrected chi connectivity index (χ1v) is 14.3. The maximum Gasteiger partial charge on any atom is 0.385 e. The van der Waals surface area contributed by atoms with Crippen LogP contribution in [0.25, 0.3) is 0 Å². The van der Waals surface area contributed by atoms with Gasteiger partial charge in [-0.3, -0.25) is 0 Å². The van der Waals surface area contributed by atoms with Crippen molar-refractivity contribution < 1.29 is 87.8 Å². The normalized spacial score (nSPS) is 15.2. The van der Waals surface area contributed by atoms with Gasteiger partial charge in [-0.1, -0.05) is 27.7 Å². The first-order chi connectivity index (χ1) is 22.7. The summed E-state index contributed by atoms with van der Waals surface area (Å²) in [4.78, 5) is 0. The second-order valence-electron chi connectivity index (χ2n) is 12.6. The highest BCUT2D eigenvalue weighted by Crippen LogP contribution is 2.67. The first kappa shape index (κ1) is 44.8. The highest BCUT2D eigenvalue weighted by molar-refractivity contribution is 5.58. The summed E-state index contributed by atoms with van der Waals surface area (Å²) in [5.74, 6) is -85.2. The highest BCUT2D eigenvalue weighted by atomic mass is 19.4. The molecule has 0 atom stereocenters. The summed E-state index contributed by atoms with van der Waals surface area (Å²) >= 11 is 0. The predicted molar refractivity (Wildman–Crippen MR) is 147 cm³/mol. The molecule has 0 aliphatic carbocycles. The first-order valence-electron chi connectivity index (χ1n) is 14.3. The zero-order valence-electron chi connectivity index (χ0n) is 27.2. The van der Waals surface area contributed by atoms with Gasteiger partial charge in [-0.05, 0) is 72.2 Å². The number of rotatable bonds is 13. The molecule has 2 nitrogen and oxygen atoms in total. The Kier molecular flexibility index (Phi) is 10.9. The molecule has 0 aliphatic heterocycles. The van der Waals surface area contributed by atoms with Crippen LogP contribution in [0.3, 0.4) is 0 Å². The van der Waals surface area contributed by atoms with Gasteiger partial charge in [-0.15, -0.1) is 0 Å². The molecule has 0 saturated carbocycles. The van der Waals surface area contributed by atoms with E-state index in [0.717, 1.165) is 41.5 Å². The minimum atomic E-state index is -9.12. The van der Waals surface area contributed by atoms with Gasteiger partial charge < -0.3 is 11.5 Å². The quantitative estimate of drug-likeness (QED) is 0.157. The molecule has 0 aromatic heterocycles. The summed E-state index contributed by atoms with van der Waals surface area (Å²) in [6.45, 7) is 6.13. The topological polar surface area (TPSA) is 52.0 Å². The van der Waals surface area contributed by atoms with E-state index in [4.69, 9.17) is 11.5 Å². The van der Waals surface area contributed by atoms with Gasteiger partial charge >= 0.3 is 59.2 Å². The molecule has 0 fully saturated rings. The molecule has 0 spiro atoms. The number of nitrogens with two attached hydrogens (primary N) is 2. The lowest BCUT2D eigenvalue weighted by atomic mass is 9.83. The standard InChI is InChI=1S/C30H28F20N2/c1-11(2)17-9-15(7-13(5)19(17)51)21(31,32)23(35,36)25(39,40)27(43,44)29(47,48)30(49,50)28(45,46)26(41,42)24(37,38)22(33,34)16-8-14(6)20(52)18(10-16)12(3)4/h7-12H,51-52H2,1-6H3. The number of aryl methyl sites for hydroxylation is 2. The highest BCUT2D eigenvalue weighted by Gasteiger charge is 2.97. The molecule has 0 radical (unpaired) electrons. The second-order valence-corrected chi connectivity index (χ2v) is 12.6. The lowest BCUT2D eigenvalue weighted by Crippen LogP contribution is -2.76. The lowest BCUT2D eigenvalue weighted by molar-refractivity contribution is -0.470. The Morgan fingerprint density at radius 3 is 0.750 bits per heavy atom. The minimum absolute atomic E-state index is 0.106. The van der Waals surface area contributed by atoms with Crippen molar-refractivity contribution in [3.05, 3.63) is 57.6 Å². The molecule has 4 N–H and O–H groups in total. The van der Waals surface area contributed by atoms with Crippen LogP contribution < -0.4 is 11.5 Å². The van der Waals surface area contributed by atoms with E-state index in [1.54, 1.807) is 0 Å². The number of anilines is 2. The summed E-state index contributed by atoms with van der Waals surface area (Å²) in [6, 6.07) is -0.517. The monoisotopic (exact) mass is 796 g/mol. The molecule has 2 rings (SSSR count). The summed E-state index contributed by atoms with van der Waals surface area (Å²) in [7, 11) is 0. The van der Waals surface area contributed by atoms with Crippen LogP contribution >= 0.6 is 0 Å². The van der Waals surface area contributed by atoms with Gasteiger partial charge in [0.2, 0.25) is 0 Å². The number of alkyl halides is 20. The molecule has 0 heterocycles. The lowest BCUT2D eigenvalue weighted by Gasteiger charge is -2.45. The van der Waals surface area contributed by atoms with Crippen molar-refractivity contribution in [3.63, 3.8) is 0 Å². The zero-order valence-corrected chi connectivity index (χ0v) is 27.2. The average molecular weight is 797 g/mol. The van der Waals surface area contributed by atoms with Gasteiger partial charge in [0.25, 0.3) is 0 Å². The molecular weight excluding hydrogens is 768 g/mol. The molecule has 52 heavy (non-hydrogen) atoms. The number of nitrogen functional groups attached to an aromatic ring is 2. The third-order valence-corrected chi connectivity index (χ3v) is 8.36. The third-order valence-electron chi connectivity index (χ3n) is 8.36. The van der Waals surface area contributed by atoms with Gasteiger partial charge in [-0.25, -0.2) is 0 Å². The minimum Gasteiger partial charge on any atom is -0.398 e. The van der Waals surface area contributed by atoms with Gasteiger partial charge in [0, 0.05) is 22.5 Å². The van der Waals surface area contributed by atoms with Crippen LogP contribution in [0.15, 0.2) is 24.3 Å². The smallest absolute Gasteiger partial charge is 0.385 e. The largest absolute Gasteiger partial charge is 0.398 e. The van der Waals surface area contributed by atoms with Gasteiger partial charge in [0.15, 0.2) is 0 Å². The van der Waals surface area contributed by atoms with Gasteiger partial charge in [-0.2, -0.15) is 87.8 Å². The summed E-state index contributed by atoms with van der Waals surface area (Å²) in [5.41, 5.74) is 2.97. The maximum absolute atomic E-state index is 14.9. The van der Waals surface area contributed by atoms with Crippen molar-refractivity contribution in [1.82, 2.24) is 0 Å². The van der Waals surface area contributed by atoms with E-state index in [1.807, 2.05) is 0 Å². The predicted octanol–water partition coefficient (Wildman–Crippen LogP) is 11.7. The summed E-state index contributed by atoms with van der Waals surface area (Å²) < 4.78 is 293. The van der Waals surface area contributed by atoms with E-state index in [2.05, 4.69) is 0 Å². The molecule has 2 aromatic carbocycles. The Morgan fingerprint density at radius 1 is 0.365 bits per heavy atom. The number of benzene rings is 2. The molecule has 0 aliphatic rings. The Balaban J connectivity index is 2.80. The van der Waals surface area contributed by atoms with E-state index in [0.29, 0.717) is 0 Å². The van der Waals surface area contributed by atoms with E-state index in [1.165, 1.54) is 0 Å². The van der Waals surface area contributed by atoms with E-state index in [-0.39, 0.29) is 24.3 Å². The molecule has 2 aromatic rings. The Morgan fingerprint density at radius 2 is 0.558 bits per heavy atom. The van der Waals surface area contributed by atoms with Crippen molar-refractivity contribution in [2.45, 2.75) is 113 Å². The zero-order chi connectivity index (χ0) is 41.6. The van der Waals surface area contributed by atoms with Crippen molar-refractivity contribution >= 4 is 11.4 Å². The van der Waals surface area contributed by atoms with E-state index >= 15 is 0 Å². The van der Waals surface area contributed by atoms with Crippen LogP contribution in [0.2, 0.25) is 0 Å². The number of hydrogen-bond donors (Lipinski definition) is 2. The SMILES string of the molecule is Cc1cc(C(F)(F)C(F)(F)C(F)(F)C(F)(F)C(F)(F)C(F)(F)C(F)(F)C(F)(F)C(F)(F)C(F)(F)c2cc(C)c(N)c(C(C)C)c2)cc(C(C)C)c1N. The van der Waals surface area contributed by atoms with Crippen LogP contribution in [-0.4, -0.2) is 47.4 Å². The summed E-state index contributed by atoms with van der Waals surface area (Å²) in [6.07, 6.45) is 0. The molecule has 0 bridgehead atoms. The van der Waals surface area contributed by atoms with Crippen molar-refractivity contribution in [3.8, 4) is 0 Å². The van der Waals surface area contributed by atoms with Gasteiger partial charge in [0.05, 0.1) is 0 Å². The Bertz CT molecular complexity index is 1540. The molecule has 22 heteroatoms. The molecule has 298 valence electrons. The van der Waals surface area contributed by atoms with Crippen LogP contribution in [0.4, 0.5) is 99.2 Å². The molecule has 0 unspecified atom stereocenters. The van der Waals surface area contributed by atoms with E-state index < -0.39 is 116 Å². The second kappa shape index (κ2) is 12.6. The number of hydrogen-bond acceptors (Lipinski definition) is 2. The van der Waals surface area contributed by atoms with Crippen LogP contribution in [0.1, 0.15) is 72.9 Å². The average Bonchev–Trinajstić information content (AvgIpc) is 2.98. The van der Waals surface area contributed by atoms with Crippen LogP contribution in [0, 0.1) is 13.8 Å². The van der Waals surface area contributed by atoms with Crippen molar-refractivity contribution in [2.24, 2.45) is 0 Å². The van der Waals surface area contributed by atoms with Crippen LogP contribution in [-0.2, 0) is 11.8 Å². The van der Waals surface area contributed by atoms with Crippen molar-refractivity contribution in [1.29, 1.82) is 0 Å². The van der Waals surface area contributed by atoms with Gasteiger partial charge in [0.1, 0.15) is 0 Å². The molecule has 0 saturated heterocycles. The fraction of sp³-hybridized carbons (Fsp3) is 0.600. The maximum atomic E-state index is 14.9. The van der Waals surface area contributed by atoms with Crippen molar-refractivity contribution in [2.75, 3.05) is 11.5 Å². The molecule has 0 amide bonds. The fourth-order valence-corrected chi connectivity index (χ4v) is 4.91. The number of halogens is 20.